The van der Waals surface area contributed by atoms with Crippen LogP contribution in [-0.4, -0.2) is 104 Å². The number of likely N-dealkylation sites (tertiary alicyclic amines) is 1. The number of halogens is 1. The van der Waals surface area contributed by atoms with Gasteiger partial charge in [0.25, 0.3) is 0 Å². The van der Waals surface area contributed by atoms with Crippen molar-refractivity contribution in [2.24, 2.45) is 0 Å². The molecule has 0 aliphatic carbocycles. The number of piperazine rings is 1. The Bertz CT molecular complexity index is 1510. The first kappa shape index (κ1) is 30.2. The third-order valence-corrected chi connectivity index (χ3v) is 8.69. The quantitative estimate of drug-likeness (QED) is 0.397. The summed E-state index contributed by atoms with van der Waals surface area (Å²) in [5.74, 6) is 1.67. The van der Waals surface area contributed by atoms with Gasteiger partial charge in [0.1, 0.15) is 29.9 Å². The first-order valence-corrected chi connectivity index (χ1v) is 15.5. The van der Waals surface area contributed by atoms with E-state index in [0.717, 1.165) is 52.3 Å². The van der Waals surface area contributed by atoms with Gasteiger partial charge in [-0.15, -0.1) is 0 Å². The van der Waals surface area contributed by atoms with Crippen LogP contribution < -0.4 is 19.3 Å². The van der Waals surface area contributed by atoms with Crippen LogP contribution in [0.3, 0.4) is 0 Å². The highest BCUT2D eigenvalue weighted by Gasteiger charge is 2.33. The van der Waals surface area contributed by atoms with Crippen molar-refractivity contribution < 1.29 is 23.4 Å². The predicted molar refractivity (Wildman–Crippen MR) is 169 cm³/mol. The number of carbonyl (C=O) groups is 1. The van der Waals surface area contributed by atoms with E-state index in [9.17, 15) is 9.18 Å². The Morgan fingerprint density at radius 1 is 1.05 bits per heavy atom. The average Bonchev–Trinajstić information content (AvgIpc) is 3.34. The Hall–Kier alpha value is -3.86. The Balaban J connectivity index is 1.28. The molecule has 0 saturated carbocycles. The molecule has 2 saturated heterocycles. The summed E-state index contributed by atoms with van der Waals surface area (Å²) in [5, 5.41) is 2.28. The summed E-state index contributed by atoms with van der Waals surface area (Å²) < 4.78 is 31.5. The molecule has 0 unspecified atom stereocenters. The van der Waals surface area contributed by atoms with Gasteiger partial charge in [0, 0.05) is 68.0 Å². The number of benzene rings is 2. The number of hydrogen-bond donors (Lipinski definition) is 0. The molecule has 236 valence electrons. The molecule has 2 aromatic carbocycles. The van der Waals surface area contributed by atoms with Crippen LogP contribution >= 0.6 is 0 Å². The summed E-state index contributed by atoms with van der Waals surface area (Å²) >= 11 is 0. The maximum absolute atomic E-state index is 14.0. The number of ether oxygens (including phenoxy) is 3. The van der Waals surface area contributed by atoms with Gasteiger partial charge in [-0.1, -0.05) is 24.3 Å². The molecule has 0 N–H and O–H groups in total. The molecule has 10 nitrogen and oxygen atoms in total. The van der Waals surface area contributed by atoms with Crippen molar-refractivity contribution in [2.75, 3.05) is 69.8 Å². The van der Waals surface area contributed by atoms with E-state index >= 15 is 0 Å². The monoisotopic (exact) mass is 606 g/mol. The smallest absolute Gasteiger partial charge is 0.410 e. The van der Waals surface area contributed by atoms with E-state index in [1.54, 1.807) is 12.0 Å². The van der Waals surface area contributed by atoms with Gasteiger partial charge in [0.2, 0.25) is 0 Å². The zero-order chi connectivity index (χ0) is 31.0. The SMILES string of the molecule is COc1cc(N2CCc3c(nc(OC[C@@H]4C[C@@H](F)CN4C)nc3N3CCN(C(=O)OC(C)(C)C)CC3)C2)c2ccccc2c1. The molecule has 3 aromatic rings. The molecule has 2 atom stereocenters. The lowest BCUT2D eigenvalue weighted by Crippen LogP contribution is -2.50. The third kappa shape index (κ3) is 6.47. The number of rotatable bonds is 6. The third-order valence-electron chi connectivity index (χ3n) is 8.69. The Morgan fingerprint density at radius 3 is 2.52 bits per heavy atom. The second-order valence-corrected chi connectivity index (χ2v) is 13.0. The van der Waals surface area contributed by atoms with Crippen LogP contribution in [0.1, 0.15) is 38.4 Å². The minimum absolute atomic E-state index is 0.0231. The number of hydrogen-bond acceptors (Lipinski definition) is 9. The van der Waals surface area contributed by atoms with E-state index < -0.39 is 11.8 Å². The summed E-state index contributed by atoms with van der Waals surface area (Å²) in [7, 11) is 3.62. The number of amides is 1. The van der Waals surface area contributed by atoms with Crippen molar-refractivity contribution in [1.29, 1.82) is 0 Å². The fraction of sp³-hybridized carbons (Fsp3) is 0.545. The zero-order valence-electron chi connectivity index (χ0n) is 26.4. The van der Waals surface area contributed by atoms with Crippen molar-refractivity contribution in [2.45, 2.75) is 58.0 Å². The maximum atomic E-state index is 14.0. The lowest BCUT2D eigenvalue weighted by molar-refractivity contribution is 0.0240. The van der Waals surface area contributed by atoms with Gasteiger partial charge in [0.15, 0.2) is 0 Å². The molecule has 11 heteroatoms. The Morgan fingerprint density at radius 2 is 1.82 bits per heavy atom. The van der Waals surface area contributed by atoms with Gasteiger partial charge in [-0.05, 0) is 52.1 Å². The van der Waals surface area contributed by atoms with Crippen molar-refractivity contribution in [1.82, 2.24) is 19.8 Å². The molecule has 4 heterocycles. The number of nitrogens with zero attached hydrogens (tertiary/aromatic N) is 6. The second-order valence-electron chi connectivity index (χ2n) is 13.0. The van der Waals surface area contributed by atoms with Crippen molar-refractivity contribution in [3.63, 3.8) is 0 Å². The van der Waals surface area contributed by atoms with Crippen molar-refractivity contribution >= 4 is 28.4 Å². The van der Waals surface area contributed by atoms with E-state index in [2.05, 4.69) is 40.1 Å². The van der Waals surface area contributed by atoms with E-state index in [1.165, 1.54) is 0 Å². The molecule has 44 heavy (non-hydrogen) atoms. The highest BCUT2D eigenvalue weighted by Crippen LogP contribution is 2.37. The molecule has 0 spiro atoms. The van der Waals surface area contributed by atoms with E-state index in [4.69, 9.17) is 24.2 Å². The second kappa shape index (κ2) is 12.3. The topological polar surface area (TPSA) is 83.5 Å². The van der Waals surface area contributed by atoms with E-state index in [-0.39, 0.29) is 12.1 Å². The van der Waals surface area contributed by atoms with Crippen LogP contribution in [0, 0.1) is 0 Å². The molecule has 3 aliphatic heterocycles. The largest absolute Gasteiger partial charge is 0.497 e. The molecule has 1 amide bonds. The van der Waals surface area contributed by atoms with Crippen LogP contribution in [0.5, 0.6) is 11.8 Å². The molecule has 0 radical (unpaired) electrons. The Labute approximate surface area is 258 Å². The van der Waals surface area contributed by atoms with Gasteiger partial charge < -0.3 is 28.9 Å². The number of anilines is 2. The summed E-state index contributed by atoms with van der Waals surface area (Å²) in [4.78, 5) is 30.9. The Kier molecular flexibility index (Phi) is 8.41. The lowest BCUT2D eigenvalue weighted by Gasteiger charge is -2.38. The van der Waals surface area contributed by atoms with Crippen LogP contribution in [0.25, 0.3) is 10.8 Å². The summed E-state index contributed by atoms with van der Waals surface area (Å²) in [6, 6.07) is 12.8. The maximum Gasteiger partial charge on any atom is 0.410 e. The van der Waals surface area contributed by atoms with Crippen LogP contribution in [0.15, 0.2) is 36.4 Å². The summed E-state index contributed by atoms with van der Waals surface area (Å²) in [6.07, 6.45) is 0.0648. The van der Waals surface area contributed by atoms with Gasteiger partial charge in [-0.25, -0.2) is 9.18 Å². The molecule has 0 bridgehead atoms. The summed E-state index contributed by atoms with van der Waals surface area (Å²) in [5.41, 5.74) is 2.58. The fourth-order valence-corrected chi connectivity index (χ4v) is 6.37. The van der Waals surface area contributed by atoms with Gasteiger partial charge in [-0.2, -0.15) is 9.97 Å². The molecule has 1 aromatic heterocycles. The number of methoxy groups -OCH3 is 1. The average molecular weight is 607 g/mol. The molecular weight excluding hydrogens is 563 g/mol. The standard InChI is InChI=1S/C33H43FN6O4/c1-33(2,3)44-32(41)39-14-12-38(13-15-39)30-27-10-11-40(29-18-25(42-5)16-22-8-6-7-9-26(22)29)20-28(27)35-31(36-30)43-21-24-17-23(34)19-37(24)4/h6-9,16,18,23-24H,10-15,17,19-21H2,1-5H3/t23-,24+/m1/s1. The highest BCUT2D eigenvalue weighted by atomic mass is 19.1. The van der Waals surface area contributed by atoms with Crippen LogP contribution in [-0.2, 0) is 17.7 Å². The minimum Gasteiger partial charge on any atom is -0.497 e. The number of fused-ring (bicyclic) bond motifs is 2. The first-order chi connectivity index (χ1) is 21.1. The normalized spacial score (nSPS) is 21.0. The van der Waals surface area contributed by atoms with Gasteiger partial charge in [-0.3, -0.25) is 4.90 Å². The fourth-order valence-electron chi connectivity index (χ4n) is 6.37. The summed E-state index contributed by atoms with van der Waals surface area (Å²) in [6.45, 7) is 10.1. The van der Waals surface area contributed by atoms with Crippen molar-refractivity contribution in [3.05, 3.63) is 47.7 Å². The number of carbonyl (C=O) groups excluding carboxylic acids is 1. The highest BCUT2D eigenvalue weighted by molar-refractivity contribution is 5.95. The minimum atomic E-state index is -0.846. The molecule has 6 rings (SSSR count). The lowest BCUT2D eigenvalue weighted by atomic mass is 10.0. The van der Waals surface area contributed by atoms with E-state index in [1.807, 2.05) is 38.8 Å². The first-order valence-electron chi connectivity index (χ1n) is 15.5. The van der Waals surface area contributed by atoms with Crippen LogP contribution in [0.2, 0.25) is 0 Å². The van der Waals surface area contributed by atoms with Crippen molar-refractivity contribution in [3.8, 4) is 11.8 Å². The van der Waals surface area contributed by atoms with Gasteiger partial charge >= 0.3 is 12.1 Å². The number of likely N-dealkylation sites (N-methyl/N-ethyl adjacent to an activating group) is 1. The molecule has 3 aliphatic rings. The van der Waals surface area contributed by atoms with Crippen LogP contribution in [0.4, 0.5) is 20.7 Å². The zero-order valence-corrected chi connectivity index (χ0v) is 26.4. The van der Waals surface area contributed by atoms with Gasteiger partial charge in [0.05, 0.1) is 19.3 Å². The number of aromatic nitrogens is 2. The predicted octanol–water partition coefficient (Wildman–Crippen LogP) is 4.68. The molecule has 2 fully saturated rings. The van der Waals surface area contributed by atoms with E-state index in [0.29, 0.717) is 58.3 Å². The number of alkyl halides is 1. The molecular formula is C33H43FN6O4.